The van der Waals surface area contributed by atoms with Crippen molar-refractivity contribution in [2.45, 2.75) is 18.9 Å². The maximum atomic E-state index is 11.2. The predicted molar refractivity (Wildman–Crippen MR) is 53.1 cm³/mol. The first-order chi connectivity index (χ1) is 6.65. The molecule has 0 spiro atoms. The van der Waals surface area contributed by atoms with Crippen LogP contribution in [0.25, 0.3) is 0 Å². The number of amides is 2. The van der Waals surface area contributed by atoms with Crippen LogP contribution >= 0.6 is 0 Å². The highest BCUT2D eigenvalue weighted by atomic mass is 16.2. The van der Waals surface area contributed by atoms with Crippen LogP contribution in [0.4, 0.5) is 0 Å². The summed E-state index contributed by atoms with van der Waals surface area (Å²) in [6.07, 6.45) is 5.66. The molecule has 0 bridgehead atoms. The van der Waals surface area contributed by atoms with Crippen LogP contribution < -0.4 is 16.0 Å². The largest absolute Gasteiger partial charge is 0.359 e. The number of nitrogens with one attached hydrogen (secondary N) is 3. The normalized spacial score (nSPS) is 10.9. The highest BCUT2D eigenvalue weighted by molar-refractivity contribution is 5.83. The molecular weight excluding hydrogens is 182 g/mol. The van der Waals surface area contributed by atoms with E-state index >= 15 is 0 Å². The molecule has 0 radical (unpaired) electrons. The van der Waals surface area contributed by atoms with Gasteiger partial charge in [0.25, 0.3) is 0 Å². The molecule has 0 aromatic rings. The van der Waals surface area contributed by atoms with Gasteiger partial charge in [0.05, 0.1) is 0 Å². The lowest BCUT2D eigenvalue weighted by Gasteiger charge is -2.13. The summed E-state index contributed by atoms with van der Waals surface area (Å²) in [4.78, 5) is 22.1. The van der Waals surface area contributed by atoms with Gasteiger partial charge in [0.1, 0.15) is 6.04 Å². The smallest absolute Gasteiger partial charge is 0.242 e. The van der Waals surface area contributed by atoms with E-state index in [0.717, 1.165) is 0 Å². The molecular formula is C9H15N3O2. The van der Waals surface area contributed by atoms with E-state index in [4.69, 9.17) is 6.42 Å². The maximum absolute atomic E-state index is 11.2. The molecule has 0 aliphatic rings. The second-order valence-electron chi connectivity index (χ2n) is 2.67. The minimum Gasteiger partial charge on any atom is -0.359 e. The molecule has 1 unspecified atom stereocenters. The Hall–Kier alpha value is -1.70. The average molecular weight is 197 g/mol. The van der Waals surface area contributed by atoms with Crippen LogP contribution in [-0.2, 0) is 9.59 Å². The molecule has 0 heterocycles. The average Bonchev–Trinajstić information content (AvgIpc) is 2.22. The van der Waals surface area contributed by atoms with Gasteiger partial charge in [0.2, 0.25) is 11.8 Å². The van der Waals surface area contributed by atoms with E-state index < -0.39 is 6.04 Å². The van der Waals surface area contributed by atoms with Crippen molar-refractivity contribution in [1.82, 2.24) is 16.0 Å². The standard InChI is InChI=1S/C9H15N3O2/c1-4-12-7(9(14)11-3)5-6-8(13)10-2/h1,7,12H,5-6H2,2-3H3,(H,10,13)(H,11,14). The van der Waals surface area contributed by atoms with E-state index in [-0.39, 0.29) is 18.2 Å². The minimum absolute atomic E-state index is 0.113. The van der Waals surface area contributed by atoms with E-state index in [1.54, 1.807) is 7.05 Å². The third kappa shape index (κ3) is 4.36. The Kier molecular flexibility index (Phi) is 5.95. The highest BCUT2D eigenvalue weighted by Crippen LogP contribution is 1.96. The molecule has 0 aliphatic heterocycles. The summed E-state index contributed by atoms with van der Waals surface area (Å²) in [5.41, 5.74) is 0. The lowest BCUT2D eigenvalue weighted by molar-refractivity contribution is -0.123. The van der Waals surface area contributed by atoms with Crippen LogP contribution in [0, 0.1) is 12.5 Å². The van der Waals surface area contributed by atoms with Crippen molar-refractivity contribution in [3.63, 3.8) is 0 Å². The molecule has 0 saturated carbocycles. The Labute approximate surface area is 83.6 Å². The number of hydrogen-bond acceptors (Lipinski definition) is 3. The number of carbonyl (C=O) groups excluding carboxylic acids is 2. The molecule has 2 amide bonds. The van der Waals surface area contributed by atoms with Gasteiger partial charge in [0, 0.05) is 26.6 Å². The zero-order valence-electron chi connectivity index (χ0n) is 8.39. The molecule has 0 aromatic carbocycles. The first-order valence-corrected chi connectivity index (χ1v) is 4.29. The van der Waals surface area contributed by atoms with Gasteiger partial charge in [-0.25, -0.2) is 0 Å². The fourth-order valence-electron chi connectivity index (χ4n) is 0.944. The summed E-state index contributed by atoms with van der Waals surface area (Å²) in [6, 6.07) is 1.67. The number of hydrogen-bond donors (Lipinski definition) is 3. The van der Waals surface area contributed by atoms with Gasteiger partial charge in [-0.3, -0.25) is 9.59 Å². The summed E-state index contributed by atoms with van der Waals surface area (Å²) in [5.74, 6) is -0.329. The molecule has 14 heavy (non-hydrogen) atoms. The first-order valence-electron chi connectivity index (χ1n) is 4.29. The Bertz CT molecular complexity index is 245. The highest BCUT2D eigenvalue weighted by Gasteiger charge is 2.16. The molecule has 0 aromatic heterocycles. The van der Waals surface area contributed by atoms with E-state index in [0.29, 0.717) is 6.42 Å². The van der Waals surface area contributed by atoms with E-state index in [1.165, 1.54) is 7.05 Å². The van der Waals surface area contributed by atoms with Crippen molar-refractivity contribution in [2.75, 3.05) is 14.1 Å². The minimum atomic E-state index is -0.512. The van der Waals surface area contributed by atoms with E-state index in [1.807, 2.05) is 0 Å². The zero-order chi connectivity index (χ0) is 11.0. The molecule has 0 fully saturated rings. The number of likely N-dealkylation sites (N-methyl/N-ethyl adjacent to an activating group) is 1. The maximum Gasteiger partial charge on any atom is 0.242 e. The molecule has 0 aliphatic carbocycles. The van der Waals surface area contributed by atoms with Crippen molar-refractivity contribution >= 4 is 11.8 Å². The second-order valence-corrected chi connectivity index (χ2v) is 2.67. The van der Waals surface area contributed by atoms with E-state index in [9.17, 15) is 9.59 Å². The fraction of sp³-hybridized carbons (Fsp3) is 0.556. The number of carbonyl (C=O) groups is 2. The fourth-order valence-corrected chi connectivity index (χ4v) is 0.944. The Morgan fingerprint density at radius 1 is 1.36 bits per heavy atom. The van der Waals surface area contributed by atoms with Gasteiger partial charge in [0.15, 0.2) is 0 Å². The number of rotatable bonds is 5. The predicted octanol–water partition coefficient (Wildman–Crippen LogP) is -1.19. The third-order valence-electron chi connectivity index (χ3n) is 1.76. The lowest BCUT2D eigenvalue weighted by Crippen LogP contribution is -2.41. The van der Waals surface area contributed by atoms with Gasteiger partial charge in [-0.1, -0.05) is 6.42 Å². The van der Waals surface area contributed by atoms with Crippen LogP contribution in [0.2, 0.25) is 0 Å². The van der Waals surface area contributed by atoms with Crippen molar-refractivity contribution in [3.05, 3.63) is 0 Å². The second kappa shape index (κ2) is 6.78. The molecule has 3 N–H and O–H groups in total. The SMILES string of the molecule is C#CNC(CCC(=O)NC)C(=O)NC. The Morgan fingerprint density at radius 2 is 2.00 bits per heavy atom. The van der Waals surface area contributed by atoms with Crippen molar-refractivity contribution in [1.29, 1.82) is 0 Å². The van der Waals surface area contributed by atoms with Gasteiger partial charge >= 0.3 is 0 Å². The van der Waals surface area contributed by atoms with Crippen LogP contribution in [0.15, 0.2) is 0 Å². The first kappa shape index (κ1) is 12.3. The van der Waals surface area contributed by atoms with Crippen molar-refractivity contribution < 1.29 is 9.59 Å². The third-order valence-corrected chi connectivity index (χ3v) is 1.76. The molecule has 78 valence electrons. The Balaban J connectivity index is 4.04. The monoisotopic (exact) mass is 197 g/mol. The summed E-state index contributed by atoms with van der Waals surface area (Å²) in [5, 5.41) is 7.48. The summed E-state index contributed by atoms with van der Waals surface area (Å²) in [6.45, 7) is 0. The molecule has 0 saturated heterocycles. The van der Waals surface area contributed by atoms with Crippen LogP contribution in [0.1, 0.15) is 12.8 Å². The van der Waals surface area contributed by atoms with Gasteiger partial charge < -0.3 is 16.0 Å². The molecule has 5 heteroatoms. The van der Waals surface area contributed by atoms with Crippen molar-refractivity contribution in [3.8, 4) is 12.5 Å². The zero-order valence-corrected chi connectivity index (χ0v) is 8.39. The molecule has 5 nitrogen and oxygen atoms in total. The van der Waals surface area contributed by atoms with Gasteiger partial charge in [-0.05, 0) is 6.42 Å². The van der Waals surface area contributed by atoms with Crippen molar-refractivity contribution in [2.24, 2.45) is 0 Å². The van der Waals surface area contributed by atoms with Crippen LogP contribution in [-0.4, -0.2) is 32.0 Å². The van der Waals surface area contributed by atoms with E-state index in [2.05, 4.69) is 22.0 Å². The summed E-state index contributed by atoms with van der Waals surface area (Å²) in [7, 11) is 3.07. The quantitative estimate of drug-likeness (QED) is 0.383. The summed E-state index contributed by atoms with van der Waals surface area (Å²) >= 11 is 0. The van der Waals surface area contributed by atoms with Gasteiger partial charge in [-0.2, -0.15) is 0 Å². The van der Waals surface area contributed by atoms with Gasteiger partial charge in [-0.15, -0.1) is 0 Å². The summed E-state index contributed by atoms with van der Waals surface area (Å²) < 4.78 is 0. The molecule has 1 atom stereocenters. The Morgan fingerprint density at radius 3 is 2.43 bits per heavy atom. The number of terminal acetylenes is 1. The van der Waals surface area contributed by atoms with Crippen LogP contribution in [0.5, 0.6) is 0 Å². The lowest BCUT2D eigenvalue weighted by atomic mass is 10.1. The molecule has 0 rings (SSSR count). The van der Waals surface area contributed by atoms with Crippen LogP contribution in [0.3, 0.4) is 0 Å². The topological polar surface area (TPSA) is 70.2 Å².